The summed E-state index contributed by atoms with van der Waals surface area (Å²) in [5, 5.41) is 11.4. The molecular weight excluding hydrogens is 426 g/mol. The number of benzene rings is 3. The van der Waals surface area contributed by atoms with Gasteiger partial charge in [0.25, 0.3) is 0 Å². The Morgan fingerprint density at radius 3 is 2.53 bits per heavy atom. The zero-order valence-electron chi connectivity index (χ0n) is 19.4. The van der Waals surface area contributed by atoms with Gasteiger partial charge in [-0.05, 0) is 71.8 Å². The molecule has 3 aromatic rings. The van der Waals surface area contributed by atoms with Crippen LogP contribution in [0.2, 0.25) is 0 Å². The van der Waals surface area contributed by atoms with E-state index in [1.54, 1.807) is 18.2 Å². The maximum atomic E-state index is 13.0. The third kappa shape index (κ3) is 4.93. The highest BCUT2D eigenvalue weighted by Crippen LogP contribution is 2.31. The Balaban J connectivity index is 1.22. The van der Waals surface area contributed by atoms with E-state index in [0.717, 1.165) is 41.5 Å². The van der Waals surface area contributed by atoms with Crippen molar-refractivity contribution >= 4 is 22.6 Å². The number of carboxylic acids is 1. The zero-order valence-corrected chi connectivity index (χ0v) is 19.4. The monoisotopic (exact) mass is 457 g/mol. The van der Waals surface area contributed by atoms with Gasteiger partial charge in [-0.15, -0.1) is 0 Å². The first-order valence-electron chi connectivity index (χ1n) is 12.3. The fourth-order valence-corrected chi connectivity index (χ4v) is 5.44. The minimum Gasteiger partial charge on any atom is -0.489 e. The Labute approximate surface area is 200 Å². The van der Waals surface area contributed by atoms with Crippen molar-refractivity contribution in [3.05, 3.63) is 77.4 Å². The van der Waals surface area contributed by atoms with Crippen LogP contribution in [0.25, 0.3) is 10.8 Å². The molecule has 34 heavy (non-hydrogen) atoms. The van der Waals surface area contributed by atoms with E-state index in [-0.39, 0.29) is 11.5 Å². The first-order valence-corrected chi connectivity index (χ1v) is 12.3. The molecule has 1 atom stereocenters. The molecule has 0 spiro atoms. The second kappa shape index (κ2) is 9.88. The summed E-state index contributed by atoms with van der Waals surface area (Å²) in [6, 6.07) is 19.7. The fourth-order valence-electron chi connectivity index (χ4n) is 5.44. The predicted octanol–water partition coefficient (Wildman–Crippen LogP) is 5.84. The van der Waals surface area contributed by atoms with Crippen LogP contribution in [0.15, 0.2) is 60.7 Å². The van der Waals surface area contributed by atoms with Crippen molar-refractivity contribution in [1.29, 1.82) is 0 Å². The van der Waals surface area contributed by atoms with Gasteiger partial charge >= 0.3 is 5.97 Å². The molecule has 0 radical (unpaired) electrons. The van der Waals surface area contributed by atoms with Gasteiger partial charge in [0.1, 0.15) is 12.4 Å². The predicted molar refractivity (Wildman–Crippen MR) is 132 cm³/mol. The number of hydrogen-bond donors (Lipinski definition) is 1. The lowest BCUT2D eigenvalue weighted by Gasteiger charge is -2.31. The molecule has 2 aliphatic rings. The quantitative estimate of drug-likeness (QED) is 0.484. The molecule has 0 bridgehead atoms. The summed E-state index contributed by atoms with van der Waals surface area (Å²) in [6.07, 6.45) is 7.92. The molecule has 1 saturated carbocycles. The largest absolute Gasteiger partial charge is 0.489 e. The summed E-state index contributed by atoms with van der Waals surface area (Å²) in [7, 11) is 0. The molecule has 1 heterocycles. The molecule has 1 unspecified atom stereocenters. The highest BCUT2D eigenvalue weighted by Gasteiger charge is 2.36. The third-order valence-electron chi connectivity index (χ3n) is 7.30. The Hall–Kier alpha value is -3.34. The Bertz CT molecular complexity index is 1200. The van der Waals surface area contributed by atoms with Crippen LogP contribution in [0.3, 0.4) is 0 Å². The van der Waals surface area contributed by atoms with Crippen LogP contribution >= 0.6 is 0 Å². The summed E-state index contributed by atoms with van der Waals surface area (Å²) in [6.45, 7) is 1.23. The molecule has 176 valence electrons. The molecular formula is C29H31NO4. The summed E-state index contributed by atoms with van der Waals surface area (Å²) in [5.41, 5.74) is 2.28. The summed E-state index contributed by atoms with van der Waals surface area (Å²) in [5.74, 6) is 0.255. The van der Waals surface area contributed by atoms with E-state index in [1.165, 1.54) is 37.7 Å². The van der Waals surface area contributed by atoms with Gasteiger partial charge in [0, 0.05) is 18.5 Å². The van der Waals surface area contributed by atoms with E-state index < -0.39 is 5.97 Å². The SMILES string of the molecule is O=C(O)c1cccc(COc2ccc3cc(CC4CCN(C5CCCCC5)C4=O)ccc3c2)c1. The average Bonchev–Trinajstić information content (AvgIpc) is 3.23. The number of fused-ring (bicyclic) bond motifs is 1. The van der Waals surface area contributed by atoms with Crippen molar-refractivity contribution in [2.24, 2.45) is 5.92 Å². The Kier molecular flexibility index (Phi) is 6.52. The molecule has 2 fully saturated rings. The number of hydrogen-bond acceptors (Lipinski definition) is 3. The van der Waals surface area contributed by atoms with Crippen LogP contribution in [-0.2, 0) is 17.8 Å². The second-order valence-electron chi connectivity index (χ2n) is 9.65. The van der Waals surface area contributed by atoms with Gasteiger partial charge in [0.05, 0.1) is 5.56 Å². The summed E-state index contributed by atoms with van der Waals surface area (Å²) in [4.78, 5) is 26.4. The molecule has 0 aromatic heterocycles. The normalized spacial score (nSPS) is 19.0. The van der Waals surface area contributed by atoms with Gasteiger partial charge in [0.2, 0.25) is 5.91 Å². The van der Waals surface area contributed by atoms with Crippen molar-refractivity contribution in [2.45, 2.75) is 57.6 Å². The number of carboxylic acid groups (broad SMARTS) is 1. The van der Waals surface area contributed by atoms with Crippen molar-refractivity contribution < 1.29 is 19.4 Å². The van der Waals surface area contributed by atoms with Crippen LogP contribution in [0, 0.1) is 5.92 Å². The van der Waals surface area contributed by atoms with E-state index in [0.29, 0.717) is 18.6 Å². The second-order valence-corrected chi connectivity index (χ2v) is 9.65. The number of ether oxygens (including phenoxy) is 1. The number of likely N-dealkylation sites (tertiary alicyclic amines) is 1. The first-order chi connectivity index (χ1) is 16.6. The van der Waals surface area contributed by atoms with Gasteiger partial charge < -0.3 is 14.7 Å². The third-order valence-corrected chi connectivity index (χ3v) is 7.30. The molecule has 1 aliphatic carbocycles. The number of carbonyl (C=O) groups excluding carboxylic acids is 1. The number of nitrogens with zero attached hydrogens (tertiary/aromatic N) is 1. The molecule has 5 nitrogen and oxygen atoms in total. The molecule has 5 rings (SSSR count). The van der Waals surface area contributed by atoms with Gasteiger partial charge in [0.15, 0.2) is 0 Å². The van der Waals surface area contributed by atoms with E-state index in [2.05, 4.69) is 23.1 Å². The number of carbonyl (C=O) groups is 2. The number of rotatable bonds is 7. The smallest absolute Gasteiger partial charge is 0.335 e. The Morgan fingerprint density at radius 2 is 1.71 bits per heavy atom. The molecule has 3 aromatic carbocycles. The lowest BCUT2D eigenvalue weighted by molar-refractivity contribution is -0.133. The van der Waals surface area contributed by atoms with Gasteiger partial charge in [-0.1, -0.05) is 55.7 Å². The summed E-state index contributed by atoms with van der Waals surface area (Å²) >= 11 is 0. The highest BCUT2D eigenvalue weighted by atomic mass is 16.5. The van der Waals surface area contributed by atoms with Crippen molar-refractivity contribution in [2.75, 3.05) is 6.54 Å². The molecule has 1 aliphatic heterocycles. The van der Waals surface area contributed by atoms with Crippen LogP contribution in [0.1, 0.15) is 60.0 Å². The topological polar surface area (TPSA) is 66.8 Å². The standard InChI is InChI=1S/C29H31NO4/c31-28-24(13-14-30(28)26-7-2-1-3-8-26)16-20-9-10-23-18-27(12-11-22(23)15-20)34-19-21-5-4-6-25(17-21)29(32)33/h4-6,9-12,15,17-18,24,26H,1-3,7-8,13-14,16,19H2,(H,32,33). The molecule has 1 N–H and O–H groups in total. The van der Waals surface area contributed by atoms with Crippen molar-refractivity contribution in [1.82, 2.24) is 4.90 Å². The maximum absolute atomic E-state index is 13.0. The zero-order chi connectivity index (χ0) is 23.5. The highest BCUT2D eigenvalue weighted by molar-refractivity contribution is 5.88. The minimum atomic E-state index is -0.940. The molecule has 1 saturated heterocycles. The number of amides is 1. The van der Waals surface area contributed by atoms with Crippen molar-refractivity contribution in [3.8, 4) is 5.75 Å². The minimum absolute atomic E-state index is 0.101. The van der Waals surface area contributed by atoms with Crippen LogP contribution in [0.5, 0.6) is 5.75 Å². The molecule has 5 heteroatoms. The van der Waals surface area contributed by atoms with E-state index in [9.17, 15) is 9.59 Å². The van der Waals surface area contributed by atoms with E-state index in [4.69, 9.17) is 9.84 Å². The average molecular weight is 458 g/mol. The summed E-state index contributed by atoms with van der Waals surface area (Å²) < 4.78 is 5.91. The lowest BCUT2D eigenvalue weighted by atomic mass is 9.93. The number of aromatic carboxylic acids is 1. The Morgan fingerprint density at radius 1 is 0.912 bits per heavy atom. The molecule has 1 amide bonds. The van der Waals surface area contributed by atoms with E-state index in [1.807, 2.05) is 24.3 Å². The van der Waals surface area contributed by atoms with Gasteiger partial charge in [-0.3, -0.25) is 4.79 Å². The van der Waals surface area contributed by atoms with Gasteiger partial charge in [-0.2, -0.15) is 0 Å². The van der Waals surface area contributed by atoms with Crippen molar-refractivity contribution in [3.63, 3.8) is 0 Å². The van der Waals surface area contributed by atoms with Crippen LogP contribution < -0.4 is 4.74 Å². The van der Waals surface area contributed by atoms with Crippen LogP contribution in [-0.4, -0.2) is 34.5 Å². The lowest BCUT2D eigenvalue weighted by Crippen LogP contribution is -2.39. The van der Waals surface area contributed by atoms with E-state index >= 15 is 0 Å². The first kappa shape index (κ1) is 22.5. The fraction of sp³-hybridized carbons (Fsp3) is 0.379. The maximum Gasteiger partial charge on any atom is 0.335 e. The van der Waals surface area contributed by atoms with Gasteiger partial charge in [-0.25, -0.2) is 4.79 Å². The van der Waals surface area contributed by atoms with Crippen LogP contribution in [0.4, 0.5) is 0 Å².